The van der Waals surface area contributed by atoms with Crippen molar-refractivity contribution < 1.29 is 9.13 Å². The van der Waals surface area contributed by atoms with Crippen molar-refractivity contribution >= 4 is 11.6 Å². The van der Waals surface area contributed by atoms with Crippen LogP contribution in [-0.2, 0) is 11.2 Å². The third kappa shape index (κ3) is 4.59. The van der Waals surface area contributed by atoms with Gasteiger partial charge in [-0.25, -0.2) is 4.39 Å². The number of aliphatic imine (C=N–C) groups is 1. The van der Waals surface area contributed by atoms with Crippen LogP contribution in [0.3, 0.4) is 0 Å². The Labute approximate surface area is 175 Å². The number of rotatable bonds is 5. The van der Waals surface area contributed by atoms with E-state index >= 15 is 0 Å². The van der Waals surface area contributed by atoms with Crippen molar-refractivity contribution in [3.63, 3.8) is 0 Å². The summed E-state index contributed by atoms with van der Waals surface area (Å²) in [6, 6.07) is 12.4. The summed E-state index contributed by atoms with van der Waals surface area (Å²) in [5.41, 5.74) is 1.81. The Balaban J connectivity index is 1.47. The van der Waals surface area contributed by atoms with E-state index in [1.807, 2.05) is 28.8 Å². The zero-order valence-corrected chi connectivity index (χ0v) is 17.3. The molecule has 0 bridgehead atoms. The van der Waals surface area contributed by atoms with Gasteiger partial charge in [0.1, 0.15) is 17.7 Å². The number of hydrogen-bond acceptors (Lipinski definition) is 4. The summed E-state index contributed by atoms with van der Waals surface area (Å²) in [6.07, 6.45) is 2.58. The zero-order valence-electron chi connectivity index (χ0n) is 17.3. The van der Waals surface area contributed by atoms with Crippen LogP contribution in [0.4, 0.5) is 4.39 Å². The Morgan fingerprint density at radius 2 is 2.03 bits per heavy atom. The molecule has 0 radical (unpaired) electrons. The first-order valence-electron chi connectivity index (χ1n) is 10.4. The summed E-state index contributed by atoms with van der Waals surface area (Å²) < 4.78 is 21.4. The monoisotopic (exact) mass is 410 g/mol. The molecule has 2 atom stereocenters. The molecule has 1 aromatic carbocycles. The number of halogens is 1. The van der Waals surface area contributed by atoms with E-state index in [4.69, 9.17) is 9.73 Å². The lowest BCUT2D eigenvalue weighted by molar-refractivity contribution is -0.0605. The highest BCUT2D eigenvalue weighted by atomic mass is 19.1. The maximum absolute atomic E-state index is 13.3. The van der Waals surface area contributed by atoms with E-state index in [1.54, 1.807) is 12.1 Å². The number of fused-ring (bicyclic) bond motifs is 1. The lowest BCUT2D eigenvalue weighted by atomic mass is 10.1. The Bertz CT molecular complexity index is 1000. The van der Waals surface area contributed by atoms with Gasteiger partial charge < -0.3 is 15.0 Å². The molecule has 1 N–H and O–H groups in total. The molecule has 30 heavy (non-hydrogen) atoms. The lowest BCUT2D eigenvalue weighted by Crippen LogP contribution is -2.50. The standard InChI is InChI=1S/C22H27FN6O/c1-3-24-22(25-12-11-21-27-26-20-6-4-5-13-29(20)21)28-14-16(2)30-19(15-28)17-7-9-18(23)10-8-17/h4-10,13,16,19H,3,11-12,14-15H2,1-2H3,(H,24,25). The van der Waals surface area contributed by atoms with Crippen molar-refractivity contribution in [2.24, 2.45) is 4.99 Å². The molecule has 0 aliphatic carbocycles. The van der Waals surface area contributed by atoms with Crippen LogP contribution < -0.4 is 5.32 Å². The van der Waals surface area contributed by atoms with Crippen LogP contribution in [0, 0.1) is 5.82 Å². The van der Waals surface area contributed by atoms with E-state index in [0.717, 1.165) is 36.1 Å². The highest BCUT2D eigenvalue weighted by molar-refractivity contribution is 5.80. The van der Waals surface area contributed by atoms with Crippen molar-refractivity contribution in [2.75, 3.05) is 26.2 Å². The van der Waals surface area contributed by atoms with E-state index in [1.165, 1.54) is 12.1 Å². The molecular weight excluding hydrogens is 383 g/mol. The summed E-state index contributed by atoms with van der Waals surface area (Å²) in [5.74, 6) is 1.51. The molecule has 0 saturated carbocycles. The quantitative estimate of drug-likeness (QED) is 0.518. The normalized spacial score (nSPS) is 20.0. The lowest BCUT2D eigenvalue weighted by Gasteiger charge is -2.38. The maximum atomic E-state index is 13.3. The van der Waals surface area contributed by atoms with Crippen LogP contribution in [0.2, 0.25) is 0 Å². The molecule has 158 valence electrons. The second-order valence-electron chi connectivity index (χ2n) is 7.42. The van der Waals surface area contributed by atoms with E-state index < -0.39 is 0 Å². The number of guanidine groups is 1. The minimum Gasteiger partial charge on any atom is -0.367 e. The van der Waals surface area contributed by atoms with E-state index in [2.05, 4.69) is 34.3 Å². The first-order valence-corrected chi connectivity index (χ1v) is 10.4. The second-order valence-corrected chi connectivity index (χ2v) is 7.42. The molecule has 4 rings (SSSR count). The van der Waals surface area contributed by atoms with Crippen LogP contribution in [0.1, 0.15) is 31.3 Å². The number of morpholine rings is 1. The van der Waals surface area contributed by atoms with E-state index in [9.17, 15) is 4.39 Å². The van der Waals surface area contributed by atoms with Gasteiger partial charge in [0.2, 0.25) is 0 Å². The van der Waals surface area contributed by atoms with Crippen LogP contribution in [-0.4, -0.2) is 57.7 Å². The molecule has 0 spiro atoms. The van der Waals surface area contributed by atoms with E-state index in [0.29, 0.717) is 19.5 Å². The van der Waals surface area contributed by atoms with Crippen molar-refractivity contribution in [2.45, 2.75) is 32.5 Å². The van der Waals surface area contributed by atoms with Crippen LogP contribution in [0.15, 0.2) is 53.7 Å². The predicted molar refractivity (Wildman–Crippen MR) is 114 cm³/mol. The molecule has 3 aromatic rings. The summed E-state index contributed by atoms with van der Waals surface area (Å²) in [7, 11) is 0. The second kappa shape index (κ2) is 9.21. The van der Waals surface area contributed by atoms with Gasteiger partial charge in [-0.3, -0.25) is 9.39 Å². The molecule has 1 fully saturated rings. The molecule has 2 aromatic heterocycles. The first kappa shape index (κ1) is 20.3. The number of nitrogens with one attached hydrogen (secondary N) is 1. The minimum atomic E-state index is -0.240. The fraction of sp³-hybridized carbons (Fsp3) is 0.409. The van der Waals surface area contributed by atoms with E-state index in [-0.39, 0.29) is 18.0 Å². The van der Waals surface area contributed by atoms with Gasteiger partial charge in [-0.05, 0) is 43.7 Å². The van der Waals surface area contributed by atoms with Gasteiger partial charge in [0, 0.05) is 32.3 Å². The molecular formula is C22H27FN6O. The van der Waals surface area contributed by atoms with Gasteiger partial charge in [-0.2, -0.15) is 0 Å². The first-order chi connectivity index (χ1) is 14.6. The summed E-state index contributed by atoms with van der Waals surface area (Å²) in [5, 5.41) is 11.9. The molecule has 0 amide bonds. The number of nitrogens with zero attached hydrogens (tertiary/aromatic N) is 5. The summed E-state index contributed by atoms with van der Waals surface area (Å²) in [6.45, 7) is 6.90. The molecule has 3 heterocycles. The third-order valence-corrected chi connectivity index (χ3v) is 5.12. The van der Waals surface area contributed by atoms with Crippen molar-refractivity contribution in [1.29, 1.82) is 0 Å². The minimum absolute atomic E-state index is 0.0399. The molecule has 1 aliphatic rings. The number of ether oxygens (including phenoxy) is 1. The number of pyridine rings is 1. The van der Waals surface area contributed by atoms with Crippen molar-refractivity contribution in [1.82, 2.24) is 24.8 Å². The van der Waals surface area contributed by atoms with Crippen molar-refractivity contribution in [3.8, 4) is 0 Å². The smallest absolute Gasteiger partial charge is 0.194 e. The Morgan fingerprint density at radius 1 is 1.20 bits per heavy atom. The molecule has 8 heteroatoms. The summed E-state index contributed by atoms with van der Waals surface area (Å²) >= 11 is 0. The Hall–Kier alpha value is -3.00. The maximum Gasteiger partial charge on any atom is 0.194 e. The molecule has 7 nitrogen and oxygen atoms in total. The average molecular weight is 410 g/mol. The molecule has 2 unspecified atom stereocenters. The average Bonchev–Trinajstić information content (AvgIpc) is 3.16. The largest absolute Gasteiger partial charge is 0.367 e. The molecule has 1 saturated heterocycles. The Kier molecular flexibility index (Phi) is 6.23. The highest BCUT2D eigenvalue weighted by Gasteiger charge is 2.28. The van der Waals surface area contributed by atoms with Crippen LogP contribution in [0.25, 0.3) is 5.65 Å². The van der Waals surface area contributed by atoms with Gasteiger partial charge in [0.15, 0.2) is 11.6 Å². The zero-order chi connectivity index (χ0) is 20.9. The number of hydrogen-bond donors (Lipinski definition) is 1. The molecule has 1 aliphatic heterocycles. The summed E-state index contributed by atoms with van der Waals surface area (Å²) in [4.78, 5) is 7.05. The predicted octanol–water partition coefficient (Wildman–Crippen LogP) is 2.84. The topological polar surface area (TPSA) is 67.0 Å². The third-order valence-electron chi connectivity index (χ3n) is 5.12. The van der Waals surface area contributed by atoms with Crippen LogP contribution >= 0.6 is 0 Å². The number of benzene rings is 1. The fourth-order valence-electron chi connectivity index (χ4n) is 3.73. The van der Waals surface area contributed by atoms with Crippen molar-refractivity contribution in [3.05, 3.63) is 65.9 Å². The SMILES string of the molecule is CCNC(=NCCc1nnc2ccccn12)N1CC(C)OC(c2ccc(F)cc2)C1. The van der Waals surface area contributed by atoms with Gasteiger partial charge in [0.05, 0.1) is 12.6 Å². The fourth-order valence-corrected chi connectivity index (χ4v) is 3.73. The van der Waals surface area contributed by atoms with Crippen LogP contribution in [0.5, 0.6) is 0 Å². The highest BCUT2D eigenvalue weighted by Crippen LogP contribution is 2.25. The van der Waals surface area contributed by atoms with Gasteiger partial charge in [-0.15, -0.1) is 10.2 Å². The van der Waals surface area contributed by atoms with Gasteiger partial charge in [-0.1, -0.05) is 18.2 Å². The number of aromatic nitrogens is 3. The Morgan fingerprint density at radius 3 is 2.83 bits per heavy atom. The van der Waals surface area contributed by atoms with Gasteiger partial charge >= 0.3 is 0 Å². The van der Waals surface area contributed by atoms with Gasteiger partial charge in [0.25, 0.3) is 0 Å².